The monoisotopic (exact) mass is 441 g/mol. The van der Waals surface area contributed by atoms with Crippen LogP contribution < -0.4 is 0 Å². The SMILES string of the molecule is COC(=O)[C@@H](c1ccccc1Cl)N1CCC(SC(C)=O)=C(CC(OC)C(=O)O)C1. The quantitative estimate of drug-likeness (QED) is 0.614. The summed E-state index contributed by atoms with van der Waals surface area (Å²) in [6.07, 6.45) is -0.411. The second kappa shape index (κ2) is 10.8. The minimum Gasteiger partial charge on any atom is -0.479 e. The predicted molar refractivity (Wildman–Crippen MR) is 111 cm³/mol. The number of aliphatic carboxylic acids is 1. The van der Waals surface area contributed by atoms with Gasteiger partial charge in [-0.25, -0.2) is 9.59 Å². The van der Waals surface area contributed by atoms with Crippen LogP contribution in [0.3, 0.4) is 0 Å². The highest BCUT2D eigenvalue weighted by Gasteiger charge is 2.34. The summed E-state index contributed by atoms with van der Waals surface area (Å²) in [5, 5.41) is 9.73. The van der Waals surface area contributed by atoms with Crippen molar-refractivity contribution in [3.05, 3.63) is 45.3 Å². The van der Waals surface area contributed by atoms with Crippen molar-refractivity contribution in [3.8, 4) is 0 Å². The molecule has 0 spiro atoms. The molecule has 2 rings (SSSR count). The fourth-order valence-electron chi connectivity index (χ4n) is 3.31. The fourth-order valence-corrected chi connectivity index (χ4v) is 4.38. The van der Waals surface area contributed by atoms with Gasteiger partial charge in [-0.15, -0.1) is 0 Å². The molecule has 0 saturated carbocycles. The summed E-state index contributed by atoms with van der Waals surface area (Å²) in [5.41, 5.74) is 1.37. The third-order valence-corrected chi connectivity index (χ3v) is 6.03. The van der Waals surface area contributed by atoms with Gasteiger partial charge in [0, 0.05) is 38.6 Å². The van der Waals surface area contributed by atoms with E-state index in [0.717, 1.165) is 22.2 Å². The van der Waals surface area contributed by atoms with Crippen molar-refractivity contribution in [2.45, 2.75) is 31.9 Å². The van der Waals surface area contributed by atoms with Gasteiger partial charge in [0.05, 0.1) is 7.11 Å². The Balaban J connectivity index is 2.39. The molecule has 1 N–H and O–H groups in total. The summed E-state index contributed by atoms with van der Waals surface area (Å²) in [5.74, 6) is -1.54. The third-order valence-electron chi connectivity index (χ3n) is 4.66. The van der Waals surface area contributed by atoms with E-state index < -0.39 is 24.1 Å². The molecule has 1 aliphatic heterocycles. The zero-order valence-corrected chi connectivity index (χ0v) is 18.1. The van der Waals surface area contributed by atoms with E-state index in [9.17, 15) is 19.5 Å². The number of thioether (sulfide) groups is 1. The molecule has 29 heavy (non-hydrogen) atoms. The number of carbonyl (C=O) groups is 3. The largest absolute Gasteiger partial charge is 0.479 e. The van der Waals surface area contributed by atoms with E-state index in [-0.39, 0.29) is 11.5 Å². The number of hydrogen-bond acceptors (Lipinski definition) is 7. The van der Waals surface area contributed by atoms with Crippen molar-refractivity contribution in [1.82, 2.24) is 4.90 Å². The lowest BCUT2D eigenvalue weighted by Gasteiger charge is -2.36. The maximum Gasteiger partial charge on any atom is 0.333 e. The average Bonchev–Trinajstić information content (AvgIpc) is 2.68. The molecule has 1 aliphatic rings. The van der Waals surface area contributed by atoms with Crippen LogP contribution in [-0.4, -0.2) is 60.5 Å². The summed E-state index contributed by atoms with van der Waals surface area (Å²) >= 11 is 7.43. The number of carboxylic acids is 1. The average molecular weight is 442 g/mol. The predicted octanol–water partition coefficient (Wildman–Crippen LogP) is 3.28. The van der Waals surface area contributed by atoms with Crippen LogP contribution in [-0.2, 0) is 23.9 Å². The maximum absolute atomic E-state index is 12.6. The Bertz CT molecular complexity index is 812. The van der Waals surface area contributed by atoms with Crippen molar-refractivity contribution in [3.63, 3.8) is 0 Å². The molecule has 1 aromatic rings. The summed E-state index contributed by atoms with van der Waals surface area (Å²) in [7, 11) is 2.65. The smallest absolute Gasteiger partial charge is 0.333 e. The number of methoxy groups -OCH3 is 2. The molecule has 1 unspecified atom stereocenters. The Labute approximate surface area is 179 Å². The van der Waals surface area contributed by atoms with Gasteiger partial charge in [0.25, 0.3) is 0 Å². The van der Waals surface area contributed by atoms with Crippen LogP contribution in [0, 0.1) is 0 Å². The summed E-state index contributed by atoms with van der Waals surface area (Å²) < 4.78 is 10.1. The number of halogens is 1. The molecule has 0 aromatic heterocycles. The first-order valence-corrected chi connectivity index (χ1v) is 10.2. The molecule has 158 valence electrons. The van der Waals surface area contributed by atoms with Gasteiger partial charge in [0.1, 0.15) is 6.04 Å². The summed E-state index contributed by atoms with van der Waals surface area (Å²) in [6.45, 7) is 2.26. The zero-order valence-electron chi connectivity index (χ0n) is 16.5. The molecule has 0 amide bonds. The van der Waals surface area contributed by atoms with Gasteiger partial charge < -0.3 is 14.6 Å². The van der Waals surface area contributed by atoms with Gasteiger partial charge in [-0.1, -0.05) is 41.6 Å². The van der Waals surface area contributed by atoms with Crippen LogP contribution in [0.15, 0.2) is 34.7 Å². The standard InChI is InChI=1S/C20H24ClNO6S/c1-12(23)29-17-8-9-22(11-13(17)10-16(27-2)19(24)25)18(20(26)28-3)14-6-4-5-7-15(14)21/h4-7,16,18H,8-11H2,1-3H3,(H,24,25)/t16?,18-/m1/s1. The van der Waals surface area contributed by atoms with E-state index in [1.165, 1.54) is 21.1 Å². The van der Waals surface area contributed by atoms with Crippen molar-refractivity contribution in [2.75, 3.05) is 27.3 Å². The lowest BCUT2D eigenvalue weighted by Crippen LogP contribution is -2.40. The third kappa shape index (κ3) is 6.05. The molecular formula is C20H24ClNO6S. The van der Waals surface area contributed by atoms with Crippen LogP contribution in [0.5, 0.6) is 0 Å². The van der Waals surface area contributed by atoms with Crippen LogP contribution in [0.25, 0.3) is 0 Å². The normalized spacial score (nSPS) is 17.0. The van der Waals surface area contributed by atoms with Gasteiger partial charge in [-0.2, -0.15) is 0 Å². The second-order valence-corrected chi connectivity index (χ2v) is 8.23. The molecule has 0 radical (unpaired) electrons. The molecule has 9 heteroatoms. The second-order valence-electron chi connectivity index (χ2n) is 6.55. The van der Waals surface area contributed by atoms with Gasteiger partial charge >= 0.3 is 11.9 Å². The molecule has 2 atom stereocenters. The molecule has 1 aromatic carbocycles. The number of carbonyl (C=O) groups excluding carboxylic acids is 2. The van der Waals surface area contributed by atoms with Gasteiger partial charge in [0.15, 0.2) is 11.2 Å². The molecule has 7 nitrogen and oxygen atoms in total. The highest BCUT2D eigenvalue weighted by Crippen LogP contribution is 2.37. The van der Waals surface area contributed by atoms with E-state index in [0.29, 0.717) is 30.1 Å². The zero-order chi connectivity index (χ0) is 21.6. The number of carboxylic acid groups (broad SMARTS) is 1. The van der Waals surface area contributed by atoms with Crippen molar-refractivity contribution >= 4 is 40.4 Å². The van der Waals surface area contributed by atoms with Crippen molar-refractivity contribution in [1.29, 1.82) is 0 Å². The highest BCUT2D eigenvalue weighted by molar-refractivity contribution is 8.16. The molecule has 0 saturated heterocycles. The molecule has 0 aliphatic carbocycles. The lowest BCUT2D eigenvalue weighted by atomic mass is 9.98. The van der Waals surface area contributed by atoms with Crippen molar-refractivity contribution < 1.29 is 29.0 Å². The number of benzene rings is 1. The van der Waals surface area contributed by atoms with E-state index in [4.69, 9.17) is 21.1 Å². The highest BCUT2D eigenvalue weighted by atomic mass is 35.5. The Morgan fingerprint density at radius 3 is 2.52 bits per heavy atom. The molecular weight excluding hydrogens is 418 g/mol. The summed E-state index contributed by atoms with van der Waals surface area (Å²) in [6, 6.07) is 6.30. The number of ether oxygens (including phenoxy) is 2. The van der Waals surface area contributed by atoms with Crippen LogP contribution in [0.2, 0.25) is 5.02 Å². The first-order chi connectivity index (χ1) is 13.8. The van der Waals surface area contributed by atoms with E-state index in [1.807, 2.05) is 4.90 Å². The first-order valence-electron chi connectivity index (χ1n) is 8.99. The van der Waals surface area contributed by atoms with Gasteiger partial charge in [0.2, 0.25) is 0 Å². The molecule has 1 heterocycles. The number of hydrogen-bond donors (Lipinski definition) is 1. The summed E-state index contributed by atoms with van der Waals surface area (Å²) in [4.78, 5) is 38.4. The van der Waals surface area contributed by atoms with Crippen molar-refractivity contribution in [2.24, 2.45) is 0 Å². The van der Waals surface area contributed by atoms with Gasteiger partial charge in [-0.05, 0) is 28.5 Å². The Hall–Kier alpha value is -1.87. The van der Waals surface area contributed by atoms with E-state index in [2.05, 4.69) is 0 Å². The van der Waals surface area contributed by atoms with Gasteiger partial charge in [-0.3, -0.25) is 9.69 Å². The lowest BCUT2D eigenvalue weighted by molar-refractivity contribution is -0.149. The Morgan fingerprint density at radius 2 is 1.97 bits per heavy atom. The fraction of sp³-hybridized carbons (Fsp3) is 0.450. The number of esters is 1. The Kier molecular flexibility index (Phi) is 8.70. The first kappa shape index (κ1) is 23.4. The number of nitrogens with zero attached hydrogens (tertiary/aromatic N) is 1. The minimum absolute atomic E-state index is 0.0779. The van der Waals surface area contributed by atoms with Crippen LogP contribution >= 0.6 is 23.4 Å². The topological polar surface area (TPSA) is 93.1 Å². The molecule has 0 fully saturated rings. The van der Waals surface area contributed by atoms with E-state index in [1.54, 1.807) is 24.3 Å². The number of rotatable bonds is 8. The Morgan fingerprint density at radius 1 is 1.28 bits per heavy atom. The van der Waals surface area contributed by atoms with Crippen LogP contribution in [0.4, 0.5) is 0 Å². The molecule has 0 bridgehead atoms. The maximum atomic E-state index is 12.6. The minimum atomic E-state index is -1.08. The van der Waals surface area contributed by atoms with Crippen LogP contribution in [0.1, 0.15) is 31.4 Å². The van der Waals surface area contributed by atoms with E-state index >= 15 is 0 Å².